The Balaban J connectivity index is 2.78. The summed E-state index contributed by atoms with van der Waals surface area (Å²) in [4.78, 5) is 0. The van der Waals surface area contributed by atoms with E-state index in [2.05, 4.69) is 26.8 Å². The van der Waals surface area contributed by atoms with Gasteiger partial charge in [-0.25, -0.2) is 0 Å². The van der Waals surface area contributed by atoms with Gasteiger partial charge in [-0.3, -0.25) is 0 Å². The third-order valence-electron chi connectivity index (χ3n) is 1.88. The molecule has 0 fully saturated rings. The van der Waals surface area contributed by atoms with Crippen LogP contribution >= 0.6 is 0 Å². The second kappa shape index (κ2) is 3.61. The highest BCUT2D eigenvalue weighted by atomic mass is 16.3. The van der Waals surface area contributed by atoms with Crippen LogP contribution in [0.2, 0.25) is 0 Å². The van der Waals surface area contributed by atoms with Crippen LogP contribution in [0.15, 0.2) is 16.7 Å². The summed E-state index contributed by atoms with van der Waals surface area (Å²) in [6, 6.07) is 2.08. The molecule has 0 atom stereocenters. The van der Waals surface area contributed by atoms with Gasteiger partial charge in [0.2, 0.25) is 0 Å². The number of aryl methyl sites for hydroxylation is 1. The molecule has 0 aromatic carbocycles. The zero-order valence-electron chi connectivity index (χ0n) is 7.55. The first-order chi connectivity index (χ1) is 5.25. The van der Waals surface area contributed by atoms with Crippen LogP contribution in [0.3, 0.4) is 0 Å². The Labute approximate surface area is 68.4 Å². The lowest BCUT2D eigenvalue weighted by molar-refractivity contribution is 0.499. The Morgan fingerprint density at radius 1 is 1.45 bits per heavy atom. The van der Waals surface area contributed by atoms with Gasteiger partial charge in [0.05, 0.1) is 6.26 Å². The predicted octanol–water partition coefficient (Wildman–Crippen LogP) is 3.36. The molecular weight excluding hydrogens is 136 g/mol. The van der Waals surface area contributed by atoms with Crippen LogP contribution < -0.4 is 0 Å². The minimum absolute atomic E-state index is 0.593. The van der Waals surface area contributed by atoms with E-state index in [-0.39, 0.29) is 0 Å². The van der Waals surface area contributed by atoms with Gasteiger partial charge in [-0.15, -0.1) is 0 Å². The highest BCUT2D eigenvalue weighted by Gasteiger charge is 2.07. The molecule has 0 N–H and O–H groups in total. The van der Waals surface area contributed by atoms with E-state index in [0.29, 0.717) is 5.92 Å². The van der Waals surface area contributed by atoms with Crippen molar-refractivity contribution in [2.75, 3.05) is 0 Å². The summed E-state index contributed by atoms with van der Waals surface area (Å²) < 4.78 is 5.37. The van der Waals surface area contributed by atoms with Gasteiger partial charge in [0, 0.05) is 6.42 Å². The lowest BCUT2D eigenvalue weighted by Crippen LogP contribution is -1.90. The first-order valence-corrected chi connectivity index (χ1v) is 4.32. The second-order valence-electron chi connectivity index (χ2n) is 3.20. The molecule has 1 aromatic heterocycles. The molecule has 0 aliphatic heterocycles. The van der Waals surface area contributed by atoms with Crippen molar-refractivity contribution in [1.82, 2.24) is 0 Å². The van der Waals surface area contributed by atoms with Crippen molar-refractivity contribution in [3.8, 4) is 0 Å². The molecule has 11 heavy (non-hydrogen) atoms. The molecule has 1 aromatic rings. The third kappa shape index (κ3) is 1.86. The first kappa shape index (κ1) is 8.38. The van der Waals surface area contributed by atoms with E-state index in [1.165, 1.54) is 11.3 Å². The summed E-state index contributed by atoms with van der Waals surface area (Å²) in [7, 11) is 0. The maximum atomic E-state index is 5.37. The fraction of sp³-hybridized carbons (Fsp3) is 0.600. The van der Waals surface area contributed by atoms with Gasteiger partial charge in [-0.1, -0.05) is 20.8 Å². The molecule has 62 valence electrons. The Morgan fingerprint density at radius 2 is 2.18 bits per heavy atom. The average molecular weight is 152 g/mol. The van der Waals surface area contributed by atoms with Gasteiger partial charge >= 0.3 is 0 Å². The highest BCUT2D eigenvalue weighted by Crippen LogP contribution is 2.21. The quantitative estimate of drug-likeness (QED) is 0.647. The van der Waals surface area contributed by atoms with Crippen LogP contribution in [0, 0.1) is 0 Å². The van der Waals surface area contributed by atoms with Crippen molar-refractivity contribution < 1.29 is 4.42 Å². The number of rotatable bonds is 3. The zero-order chi connectivity index (χ0) is 8.27. The van der Waals surface area contributed by atoms with Crippen LogP contribution in [0.1, 0.15) is 44.4 Å². The molecule has 1 heteroatoms. The first-order valence-electron chi connectivity index (χ1n) is 4.32. The zero-order valence-corrected chi connectivity index (χ0v) is 7.55. The van der Waals surface area contributed by atoms with E-state index < -0.39 is 0 Å². The van der Waals surface area contributed by atoms with Crippen LogP contribution in [-0.4, -0.2) is 0 Å². The third-order valence-corrected chi connectivity index (χ3v) is 1.88. The van der Waals surface area contributed by atoms with Gasteiger partial charge in [0.1, 0.15) is 5.76 Å². The Kier molecular flexibility index (Phi) is 2.75. The van der Waals surface area contributed by atoms with E-state index in [1.807, 2.05) is 0 Å². The Bertz CT molecular complexity index is 210. The molecule has 1 nitrogen and oxygen atoms in total. The SMILES string of the molecule is CCCc1occc1C(C)C. The minimum atomic E-state index is 0.593. The predicted molar refractivity (Wildman–Crippen MR) is 46.8 cm³/mol. The largest absolute Gasteiger partial charge is 0.469 e. The van der Waals surface area contributed by atoms with E-state index in [1.54, 1.807) is 6.26 Å². The van der Waals surface area contributed by atoms with Gasteiger partial charge in [0.15, 0.2) is 0 Å². The fourth-order valence-corrected chi connectivity index (χ4v) is 1.30. The van der Waals surface area contributed by atoms with Gasteiger partial charge in [0.25, 0.3) is 0 Å². The Morgan fingerprint density at radius 3 is 2.73 bits per heavy atom. The van der Waals surface area contributed by atoms with E-state index in [4.69, 9.17) is 4.42 Å². The average Bonchev–Trinajstić information content (AvgIpc) is 2.36. The molecule has 0 aliphatic carbocycles. The number of hydrogen-bond donors (Lipinski definition) is 0. The van der Waals surface area contributed by atoms with Crippen molar-refractivity contribution in [2.24, 2.45) is 0 Å². The Hall–Kier alpha value is -0.720. The molecule has 0 bridgehead atoms. The van der Waals surface area contributed by atoms with Crippen LogP contribution in [-0.2, 0) is 6.42 Å². The molecule has 1 heterocycles. The van der Waals surface area contributed by atoms with Crippen LogP contribution in [0.25, 0.3) is 0 Å². The molecule has 0 spiro atoms. The lowest BCUT2D eigenvalue weighted by Gasteiger charge is -2.03. The maximum absolute atomic E-state index is 5.37. The standard InChI is InChI=1S/C10H16O/c1-4-5-10-9(8(2)3)6-7-11-10/h6-8H,4-5H2,1-3H3. The number of furan rings is 1. The monoisotopic (exact) mass is 152 g/mol. The summed E-state index contributed by atoms with van der Waals surface area (Å²) in [6.45, 7) is 6.57. The van der Waals surface area contributed by atoms with Crippen molar-refractivity contribution in [3.63, 3.8) is 0 Å². The molecule has 0 aliphatic rings. The molecule has 0 radical (unpaired) electrons. The van der Waals surface area contributed by atoms with Crippen molar-refractivity contribution in [3.05, 3.63) is 23.7 Å². The summed E-state index contributed by atoms with van der Waals surface area (Å²) in [5, 5.41) is 0. The summed E-state index contributed by atoms with van der Waals surface area (Å²) >= 11 is 0. The lowest BCUT2D eigenvalue weighted by atomic mass is 10.0. The van der Waals surface area contributed by atoms with Crippen LogP contribution in [0.4, 0.5) is 0 Å². The van der Waals surface area contributed by atoms with Gasteiger partial charge < -0.3 is 4.42 Å². The van der Waals surface area contributed by atoms with Crippen LogP contribution in [0.5, 0.6) is 0 Å². The smallest absolute Gasteiger partial charge is 0.107 e. The van der Waals surface area contributed by atoms with E-state index >= 15 is 0 Å². The van der Waals surface area contributed by atoms with E-state index in [0.717, 1.165) is 12.8 Å². The van der Waals surface area contributed by atoms with Crippen molar-refractivity contribution >= 4 is 0 Å². The topological polar surface area (TPSA) is 13.1 Å². The molecule has 0 saturated carbocycles. The normalized spacial score (nSPS) is 10.9. The minimum Gasteiger partial charge on any atom is -0.469 e. The van der Waals surface area contributed by atoms with Gasteiger partial charge in [-0.05, 0) is 24.0 Å². The molecular formula is C10H16O. The highest BCUT2D eigenvalue weighted by molar-refractivity contribution is 5.20. The number of hydrogen-bond acceptors (Lipinski definition) is 1. The molecule has 1 rings (SSSR count). The summed E-state index contributed by atoms with van der Waals surface area (Å²) in [5.41, 5.74) is 1.37. The summed E-state index contributed by atoms with van der Waals surface area (Å²) in [5.74, 6) is 1.76. The fourth-order valence-electron chi connectivity index (χ4n) is 1.30. The molecule has 0 saturated heterocycles. The van der Waals surface area contributed by atoms with E-state index in [9.17, 15) is 0 Å². The molecule has 0 amide bonds. The van der Waals surface area contributed by atoms with Crippen molar-refractivity contribution in [1.29, 1.82) is 0 Å². The van der Waals surface area contributed by atoms with Gasteiger partial charge in [-0.2, -0.15) is 0 Å². The maximum Gasteiger partial charge on any atom is 0.107 e. The second-order valence-corrected chi connectivity index (χ2v) is 3.20. The van der Waals surface area contributed by atoms with Crippen molar-refractivity contribution in [2.45, 2.75) is 39.5 Å². The summed E-state index contributed by atoms with van der Waals surface area (Å²) in [6.07, 6.45) is 4.02. The molecule has 0 unspecified atom stereocenters.